The summed E-state index contributed by atoms with van der Waals surface area (Å²) in [6, 6.07) is 5.22. The Morgan fingerprint density at radius 3 is 2.59 bits per heavy atom. The lowest BCUT2D eigenvalue weighted by Gasteiger charge is -2.20. The van der Waals surface area contributed by atoms with Crippen LogP contribution < -0.4 is 15.4 Å². The van der Waals surface area contributed by atoms with E-state index >= 15 is 0 Å². The number of nitrogens with one attached hydrogen (secondary N) is 2. The number of aromatic nitrogens is 4. The van der Waals surface area contributed by atoms with Crippen molar-refractivity contribution in [3.63, 3.8) is 0 Å². The zero-order valence-corrected chi connectivity index (χ0v) is 24.6. The van der Waals surface area contributed by atoms with Gasteiger partial charge in [0.25, 0.3) is 0 Å². The van der Waals surface area contributed by atoms with E-state index in [9.17, 15) is 9.59 Å². The number of carbonyl (C=O) groups is 2. The Kier molecular flexibility index (Phi) is 13.2. The van der Waals surface area contributed by atoms with E-state index in [1.54, 1.807) is 7.11 Å². The molecule has 39 heavy (non-hydrogen) atoms. The van der Waals surface area contributed by atoms with Gasteiger partial charge in [-0.25, -0.2) is 9.78 Å². The van der Waals surface area contributed by atoms with E-state index in [0.717, 1.165) is 48.3 Å². The molecule has 0 bridgehead atoms. The minimum absolute atomic E-state index is 0. The van der Waals surface area contributed by atoms with Gasteiger partial charge in [0, 0.05) is 26.1 Å². The molecular formula is C27H42N6O5S. The molecule has 1 atom stereocenters. The number of carbonyl (C=O) groups excluding carboxylic acids is 2. The van der Waals surface area contributed by atoms with Crippen molar-refractivity contribution >= 4 is 47.9 Å². The number of amides is 1. The fourth-order valence-electron chi connectivity index (χ4n) is 4.15. The maximum atomic E-state index is 12.7. The molecule has 1 amide bonds. The molecule has 2 N–H and O–H groups in total. The molecule has 0 aliphatic carbocycles. The Hall–Kier alpha value is -3.12. The van der Waals surface area contributed by atoms with Gasteiger partial charge >= 0.3 is 6.09 Å². The van der Waals surface area contributed by atoms with Gasteiger partial charge in [0.1, 0.15) is 18.2 Å². The highest BCUT2D eigenvalue weighted by molar-refractivity contribution is 7.59. The first kappa shape index (κ1) is 32.1. The maximum Gasteiger partial charge on any atom is 0.407 e. The van der Waals surface area contributed by atoms with Gasteiger partial charge in [-0.3, -0.25) is 9.20 Å². The lowest BCUT2D eigenvalue weighted by molar-refractivity contribution is -0.122. The minimum Gasteiger partial charge on any atom is -0.491 e. The monoisotopic (exact) mass is 562 g/mol. The Labute approximate surface area is 236 Å². The average Bonchev–Trinajstić information content (AvgIpc) is 3.29. The number of hydrogen-bond acceptors (Lipinski definition) is 9. The van der Waals surface area contributed by atoms with Crippen molar-refractivity contribution in [1.82, 2.24) is 24.9 Å². The number of hydrogen-bond donors (Lipinski definition) is 2. The van der Waals surface area contributed by atoms with Crippen LogP contribution in [0.2, 0.25) is 0 Å². The molecule has 0 aliphatic rings. The molecule has 12 heteroatoms. The number of unbranched alkanes of at least 4 members (excludes halogenated alkanes) is 2. The van der Waals surface area contributed by atoms with Crippen LogP contribution in [0.1, 0.15) is 58.7 Å². The summed E-state index contributed by atoms with van der Waals surface area (Å²) in [5.41, 5.74) is 2.34. The predicted molar refractivity (Wildman–Crippen MR) is 156 cm³/mol. The van der Waals surface area contributed by atoms with Crippen molar-refractivity contribution in [1.29, 1.82) is 0 Å². The van der Waals surface area contributed by atoms with Crippen molar-refractivity contribution < 1.29 is 23.8 Å². The fraction of sp³-hybridized carbons (Fsp3) is 0.593. The molecule has 1 aromatic carbocycles. The van der Waals surface area contributed by atoms with Crippen LogP contribution in [0.25, 0.3) is 16.7 Å². The first-order valence-corrected chi connectivity index (χ1v) is 13.3. The van der Waals surface area contributed by atoms with E-state index in [1.165, 1.54) is 0 Å². The van der Waals surface area contributed by atoms with E-state index in [-0.39, 0.29) is 25.2 Å². The number of benzene rings is 1. The second-order valence-electron chi connectivity index (χ2n) is 9.56. The average molecular weight is 563 g/mol. The largest absolute Gasteiger partial charge is 0.491 e. The number of Topliss-reactive ketones (excluding diaryl/α,β-unsaturated/α-hetero) is 1. The number of nitrogens with zero attached hydrogens (tertiary/aromatic N) is 4. The Balaban J connectivity index is 0.00000533. The van der Waals surface area contributed by atoms with Crippen LogP contribution in [-0.4, -0.2) is 71.0 Å². The topological polar surface area (TPSA) is 129 Å². The summed E-state index contributed by atoms with van der Waals surface area (Å²) < 4.78 is 17.9. The van der Waals surface area contributed by atoms with Crippen LogP contribution in [0, 0.1) is 12.8 Å². The number of alkyl carbamates (subject to hydrolysis) is 1. The summed E-state index contributed by atoms with van der Waals surface area (Å²) in [6.45, 7) is 9.66. The highest BCUT2D eigenvalue weighted by Crippen LogP contribution is 2.25. The quantitative estimate of drug-likeness (QED) is 0.244. The van der Waals surface area contributed by atoms with E-state index < -0.39 is 12.1 Å². The van der Waals surface area contributed by atoms with Crippen LogP contribution in [0.15, 0.2) is 18.2 Å². The van der Waals surface area contributed by atoms with Gasteiger partial charge < -0.3 is 24.8 Å². The number of rotatable bonds is 16. The second kappa shape index (κ2) is 16.1. The lowest BCUT2D eigenvalue weighted by atomic mass is 9.96. The summed E-state index contributed by atoms with van der Waals surface area (Å²) in [4.78, 5) is 29.4. The molecular weight excluding hydrogens is 520 g/mol. The molecule has 11 nitrogen and oxygen atoms in total. The molecule has 216 valence electrons. The third-order valence-electron chi connectivity index (χ3n) is 6.13. The van der Waals surface area contributed by atoms with Crippen LogP contribution in [0.3, 0.4) is 0 Å². The minimum atomic E-state index is -0.535. The molecule has 0 fully saturated rings. The van der Waals surface area contributed by atoms with E-state index in [4.69, 9.17) is 19.2 Å². The molecule has 0 spiro atoms. The molecule has 0 radical (unpaired) electrons. The summed E-state index contributed by atoms with van der Waals surface area (Å²) in [7, 11) is 1.64. The highest BCUT2D eigenvalue weighted by Gasteiger charge is 2.24. The summed E-state index contributed by atoms with van der Waals surface area (Å²) in [6.07, 6.45) is 3.06. The lowest BCUT2D eigenvalue weighted by Crippen LogP contribution is -2.44. The normalized spacial score (nSPS) is 11.8. The molecule has 0 aliphatic heterocycles. The van der Waals surface area contributed by atoms with Crippen molar-refractivity contribution in [2.75, 3.05) is 38.8 Å². The van der Waals surface area contributed by atoms with Crippen molar-refractivity contribution in [3.8, 4) is 5.75 Å². The van der Waals surface area contributed by atoms with Gasteiger partial charge in [-0.2, -0.15) is 13.5 Å². The summed E-state index contributed by atoms with van der Waals surface area (Å²) >= 11 is 0. The first-order chi connectivity index (χ1) is 18.3. The van der Waals surface area contributed by atoms with Crippen molar-refractivity contribution in [3.05, 3.63) is 24.0 Å². The van der Waals surface area contributed by atoms with Crippen LogP contribution in [-0.2, 0) is 14.3 Å². The van der Waals surface area contributed by atoms with Gasteiger partial charge in [-0.1, -0.05) is 27.2 Å². The fourth-order valence-corrected chi connectivity index (χ4v) is 4.15. The van der Waals surface area contributed by atoms with Gasteiger partial charge in [0.2, 0.25) is 5.65 Å². The molecule has 2 aromatic heterocycles. The smallest absolute Gasteiger partial charge is 0.407 e. The second-order valence-corrected chi connectivity index (χ2v) is 9.56. The highest BCUT2D eigenvalue weighted by atomic mass is 32.1. The van der Waals surface area contributed by atoms with E-state index in [0.29, 0.717) is 44.3 Å². The number of fused-ring (bicyclic) bond motifs is 3. The molecule has 0 unspecified atom stereocenters. The molecule has 3 rings (SSSR count). The number of methoxy groups -OCH3 is 1. The maximum absolute atomic E-state index is 12.7. The zero-order chi connectivity index (χ0) is 27.5. The third kappa shape index (κ3) is 8.96. The molecule has 0 saturated heterocycles. The standard InChI is InChI=1S/C27H40N6O5.H2S/c1-6-14-38-27(35)30-24(18(2)3)23(34)10-8-7-9-13-28-25-26-32-31-19(4)33(26)22-12-11-20(17-21(22)29-25)37-16-15-36-5;/h11-12,17-18,24H,6-10,13-16H2,1-5H3,(H,28,29)(H,30,35);1H2/t24-;/m0./s1. The van der Waals surface area contributed by atoms with Crippen molar-refractivity contribution in [2.45, 2.75) is 65.8 Å². The SMILES string of the molecule is CCCOC(=O)N[C@H](C(=O)CCCCCNc1nc2cc(OCCOC)ccc2n2c(C)nnc12)C(C)C.S. The summed E-state index contributed by atoms with van der Waals surface area (Å²) in [5.74, 6) is 2.17. The molecule has 2 heterocycles. The van der Waals surface area contributed by atoms with Gasteiger partial charge in [-0.15, -0.1) is 10.2 Å². The Bertz CT molecular complexity index is 1220. The van der Waals surface area contributed by atoms with Gasteiger partial charge in [-0.05, 0) is 44.2 Å². The molecule has 3 aromatic rings. The molecule has 0 saturated carbocycles. The predicted octanol–water partition coefficient (Wildman–Crippen LogP) is 4.43. The summed E-state index contributed by atoms with van der Waals surface area (Å²) in [5, 5.41) is 14.7. The number of ketones is 1. The number of anilines is 1. The zero-order valence-electron chi connectivity index (χ0n) is 23.6. The van der Waals surface area contributed by atoms with Gasteiger partial charge in [0.05, 0.1) is 30.3 Å². The van der Waals surface area contributed by atoms with Crippen molar-refractivity contribution in [2.24, 2.45) is 5.92 Å². The first-order valence-electron chi connectivity index (χ1n) is 13.3. The Morgan fingerprint density at radius 2 is 1.87 bits per heavy atom. The van der Waals surface area contributed by atoms with Crippen LogP contribution in [0.5, 0.6) is 5.75 Å². The third-order valence-corrected chi connectivity index (χ3v) is 6.13. The Morgan fingerprint density at radius 1 is 1.08 bits per heavy atom. The number of ether oxygens (including phenoxy) is 3. The van der Waals surface area contributed by atoms with E-state index in [2.05, 4.69) is 20.8 Å². The van der Waals surface area contributed by atoms with Crippen LogP contribution in [0.4, 0.5) is 10.6 Å². The van der Waals surface area contributed by atoms with Crippen LogP contribution >= 0.6 is 13.5 Å². The number of aryl methyl sites for hydroxylation is 1. The van der Waals surface area contributed by atoms with E-state index in [1.807, 2.05) is 50.3 Å². The van der Waals surface area contributed by atoms with Gasteiger partial charge in [0.15, 0.2) is 11.6 Å².